The molecule has 0 saturated heterocycles. The molecule has 0 fully saturated rings. The Kier molecular flexibility index (Phi) is 18.7. The second-order valence-electron chi connectivity index (χ2n) is 6.81. The van der Waals surface area contributed by atoms with Gasteiger partial charge in [-0.05, 0) is 0 Å². The van der Waals surface area contributed by atoms with Crippen LogP contribution >= 0.6 is 15.0 Å². The fourth-order valence-corrected chi connectivity index (χ4v) is 13.3. The standard InChI is InChI=1S/C20H51N7P2.ClH/c1-11-21-28(24(13-3)14-4,25(15-5)16-6)23-29(22-12-2,26(17-7)18-8)27(19-9)20-10;/h11-20H2,1-10H3,(H,21,22,23);1H. The van der Waals surface area contributed by atoms with Crippen molar-refractivity contribution in [3.63, 3.8) is 0 Å². The van der Waals surface area contributed by atoms with Crippen molar-refractivity contribution in [3.8, 4) is 0 Å². The van der Waals surface area contributed by atoms with Gasteiger partial charge in [0.05, 0.1) is 0 Å². The zero-order chi connectivity index (χ0) is 22.5. The van der Waals surface area contributed by atoms with E-state index in [1.165, 1.54) is 0 Å². The van der Waals surface area contributed by atoms with Gasteiger partial charge in [-0.2, -0.15) is 18.7 Å². The molecule has 0 saturated carbocycles. The van der Waals surface area contributed by atoms with E-state index in [4.69, 9.17) is 4.17 Å². The van der Waals surface area contributed by atoms with Crippen LogP contribution in [0.2, 0.25) is 0 Å². The number of hydrogen-bond donors (Lipinski definition) is 2. The van der Waals surface area contributed by atoms with E-state index in [-0.39, 0.29) is 12.4 Å². The van der Waals surface area contributed by atoms with Gasteiger partial charge in [0.2, 0.25) is 0 Å². The Balaban J connectivity index is 0. The SMILES string of the molecule is CCNP(=[N+]=P(NCC)(N(CC)CC)N(CC)CC)(N(CC)CC)N(CC)CC.[Cl-]. The Morgan fingerprint density at radius 2 is 0.667 bits per heavy atom. The maximum absolute atomic E-state index is 5.99. The summed E-state index contributed by atoms with van der Waals surface area (Å²) in [5, 5.41) is 7.90. The van der Waals surface area contributed by atoms with Gasteiger partial charge in [-0.25, -0.2) is 10.2 Å². The minimum Gasteiger partial charge on any atom is -1.00 e. The summed E-state index contributed by atoms with van der Waals surface area (Å²) in [4.78, 5) is 0. The molecule has 0 radical (unpaired) electrons. The second-order valence-corrected chi connectivity index (χ2v) is 12.7. The number of nitrogens with zero attached hydrogens (tertiary/aromatic N) is 5. The lowest BCUT2D eigenvalue weighted by Gasteiger charge is -2.37. The Bertz CT molecular complexity index is 463. The molecule has 0 aromatic rings. The predicted octanol–water partition coefficient (Wildman–Crippen LogP) is 1.54. The third-order valence-electron chi connectivity index (χ3n) is 5.49. The highest BCUT2D eigenvalue weighted by atomic mass is 35.5. The molecule has 0 rings (SSSR count). The van der Waals surface area contributed by atoms with Crippen LogP contribution in [-0.4, -0.2) is 84.1 Å². The van der Waals surface area contributed by atoms with Gasteiger partial charge in [0.1, 0.15) is 0 Å². The van der Waals surface area contributed by atoms with Crippen LogP contribution in [-0.2, 0) is 0 Å². The Labute approximate surface area is 195 Å². The van der Waals surface area contributed by atoms with Gasteiger partial charge in [-0.3, -0.25) is 0 Å². The van der Waals surface area contributed by atoms with Crippen molar-refractivity contribution < 1.29 is 12.4 Å². The summed E-state index contributed by atoms with van der Waals surface area (Å²) in [5.74, 6) is 0. The van der Waals surface area contributed by atoms with E-state index in [2.05, 4.69) is 98.1 Å². The van der Waals surface area contributed by atoms with Crippen LogP contribution < -0.4 is 26.8 Å². The first-order valence-corrected chi connectivity index (χ1v) is 15.2. The van der Waals surface area contributed by atoms with Gasteiger partial charge < -0.3 is 12.4 Å². The molecule has 0 unspecified atom stereocenters. The minimum absolute atomic E-state index is 0. The van der Waals surface area contributed by atoms with E-state index < -0.39 is 15.0 Å². The van der Waals surface area contributed by atoms with Gasteiger partial charge in [0, 0.05) is 65.4 Å². The monoisotopic (exact) mass is 487 g/mol. The first-order chi connectivity index (χ1) is 13.9. The van der Waals surface area contributed by atoms with E-state index in [9.17, 15) is 0 Å². The lowest BCUT2D eigenvalue weighted by atomic mass is 10.7. The van der Waals surface area contributed by atoms with Crippen LogP contribution in [0.3, 0.4) is 0 Å². The average Bonchev–Trinajstić information content (AvgIpc) is 2.71. The molecule has 184 valence electrons. The van der Waals surface area contributed by atoms with Crippen LogP contribution in [0.1, 0.15) is 69.2 Å². The van der Waals surface area contributed by atoms with Gasteiger partial charge in [-0.1, -0.05) is 73.4 Å². The highest BCUT2D eigenvalue weighted by Gasteiger charge is 2.48. The van der Waals surface area contributed by atoms with Crippen LogP contribution in [0.25, 0.3) is 0 Å². The van der Waals surface area contributed by atoms with Crippen molar-refractivity contribution in [1.29, 1.82) is 0 Å². The van der Waals surface area contributed by atoms with Gasteiger partial charge in [0.15, 0.2) is 0 Å². The average molecular weight is 488 g/mol. The zero-order valence-electron chi connectivity index (χ0n) is 21.6. The zero-order valence-corrected chi connectivity index (χ0v) is 24.1. The van der Waals surface area contributed by atoms with Gasteiger partial charge in [-0.15, -0.1) is 0 Å². The summed E-state index contributed by atoms with van der Waals surface area (Å²) in [7, 11) is -4.17. The lowest BCUT2D eigenvalue weighted by Crippen LogP contribution is -3.00. The smallest absolute Gasteiger partial charge is 0.429 e. The molecule has 0 aliphatic rings. The van der Waals surface area contributed by atoms with Crippen molar-refractivity contribution in [1.82, 2.24) is 33.0 Å². The second kappa shape index (κ2) is 17.1. The molecule has 0 amide bonds. The van der Waals surface area contributed by atoms with E-state index in [1.54, 1.807) is 0 Å². The Morgan fingerprint density at radius 3 is 0.800 bits per heavy atom. The first-order valence-electron chi connectivity index (χ1n) is 12.0. The molecule has 0 bridgehead atoms. The number of hydrogen-bond acceptors (Lipinski definition) is 0. The fraction of sp³-hybridized carbons (Fsp3) is 1.00. The molecule has 0 spiro atoms. The number of rotatable bonds is 16. The van der Waals surface area contributed by atoms with Crippen molar-refractivity contribution >= 4 is 15.0 Å². The summed E-state index contributed by atoms with van der Waals surface area (Å²) >= 11 is 0. The molecule has 0 aliphatic carbocycles. The molecular formula is C20H52ClN7P2. The number of halogens is 1. The summed E-state index contributed by atoms with van der Waals surface area (Å²) in [6.07, 6.45) is 0. The molecule has 0 aromatic heterocycles. The fourth-order valence-electron chi connectivity index (χ4n) is 4.12. The maximum Gasteiger partial charge on any atom is 0.429 e. The Morgan fingerprint density at radius 1 is 0.467 bits per heavy atom. The third kappa shape index (κ3) is 7.32. The van der Waals surface area contributed by atoms with Crippen molar-refractivity contribution in [2.45, 2.75) is 69.2 Å². The number of nitrogens with one attached hydrogen (secondary N) is 2. The molecule has 10 heteroatoms. The van der Waals surface area contributed by atoms with Crippen LogP contribution in [0, 0.1) is 0 Å². The largest absolute Gasteiger partial charge is 1.00 e. The van der Waals surface area contributed by atoms with Crippen LogP contribution in [0.15, 0.2) is 0 Å². The van der Waals surface area contributed by atoms with E-state index in [0.717, 1.165) is 65.4 Å². The van der Waals surface area contributed by atoms with Crippen molar-refractivity contribution in [3.05, 3.63) is 0 Å². The van der Waals surface area contributed by atoms with Crippen molar-refractivity contribution in [2.75, 3.05) is 65.4 Å². The molecule has 0 heterocycles. The van der Waals surface area contributed by atoms with Crippen LogP contribution in [0.5, 0.6) is 0 Å². The summed E-state index contributed by atoms with van der Waals surface area (Å²) in [6.45, 7) is 32.5. The van der Waals surface area contributed by atoms with Crippen LogP contribution in [0.4, 0.5) is 0 Å². The molecular weight excluding hydrogens is 436 g/mol. The maximum atomic E-state index is 5.99. The molecule has 0 aromatic carbocycles. The molecule has 30 heavy (non-hydrogen) atoms. The molecule has 0 aliphatic heterocycles. The topological polar surface area (TPSA) is 51.1 Å². The Hall–Kier alpha value is 0.620. The van der Waals surface area contributed by atoms with Gasteiger partial charge in [0.25, 0.3) is 0 Å². The molecule has 7 nitrogen and oxygen atoms in total. The van der Waals surface area contributed by atoms with Crippen molar-refractivity contribution in [2.24, 2.45) is 0 Å². The summed E-state index contributed by atoms with van der Waals surface area (Å²) in [6, 6.07) is 0. The quantitative estimate of drug-likeness (QED) is 0.254. The minimum atomic E-state index is -2.08. The molecule has 2 N–H and O–H groups in total. The first kappa shape index (κ1) is 32.8. The summed E-state index contributed by atoms with van der Waals surface area (Å²) in [5.41, 5.74) is 0. The van der Waals surface area contributed by atoms with Gasteiger partial charge >= 0.3 is 15.0 Å². The lowest BCUT2D eigenvalue weighted by molar-refractivity contribution is -0.00000783. The third-order valence-corrected chi connectivity index (χ3v) is 14.4. The molecule has 0 atom stereocenters. The van der Waals surface area contributed by atoms with E-state index in [0.29, 0.717) is 0 Å². The predicted molar refractivity (Wildman–Crippen MR) is 135 cm³/mol. The summed E-state index contributed by atoms with van der Waals surface area (Å²) < 4.78 is 16.4. The normalized spacial score (nSPS) is 12.7. The van der Waals surface area contributed by atoms with E-state index in [1.807, 2.05) is 0 Å². The highest BCUT2D eigenvalue weighted by molar-refractivity contribution is 7.67. The van der Waals surface area contributed by atoms with E-state index >= 15 is 0 Å². The highest BCUT2D eigenvalue weighted by Crippen LogP contribution is 2.56.